The number of carbonyl (C=O) groups is 2. The molecule has 0 heterocycles. The van der Waals surface area contributed by atoms with Gasteiger partial charge in [0.05, 0.1) is 19.2 Å². The number of nitrogens with zero attached hydrogens (tertiary/aromatic N) is 3. The van der Waals surface area contributed by atoms with Crippen molar-refractivity contribution in [2.24, 2.45) is 0 Å². The van der Waals surface area contributed by atoms with Gasteiger partial charge in [-0.05, 0) is 33.2 Å². The molecule has 0 radical (unpaired) electrons. The Labute approximate surface area is 139 Å². The first kappa shape index (κ1) is 19.4. The maximum atomic E-state index is 12.6. The summed E-state index contributed by atoms with van der Waals surface area (Å²) >= 11 is 0. The highest BCUT2D eigenvalue weighted by Gasteiger charge is 2.39. The highest BCUT2D eigenvalue weighted by Crippen LogP contribution is 2.32. The van der Waals surface area contributed by atoms with Gasteiger partial charge in [0.15, 0.2) is 0 Å². The predicted octanol–water partition coefficient (Wildman–Crippen LogP) is 1.52. The van der Waals surface area contributed by atoms with Crippen molar-refractivity contribution in [3.05, 3.63) is 0 Å². The van der Waals surface area contributed by atoms with Crippen LogP contribution in [-0.2, 0) is 9.59 Å². The Hall–Kier alpha value is -1.61. The standard InChI is InChI=1S/C17H30N4O2/c1-5-21(11-15(22)19-14(2)3)12-16(23)20(4)17(13-18)9-7-6-8-10-17/h14H,5-12H2,1-4H3,(H,19,22). The van der Waals surface area contributed by atoms with Crippen LogP contribution in [0.4, 0.5) is 0 Å². The third-order valence-corrected chi connectivity index (χ3v) is 4.53. The van der Waals surface area contributed by atoms with Gasteiger partial charge in [0.2, 0.25) is 11.8 Å². The topological polar surface area (TPSA) is 76.4 Å². The van der Waals surface area contributed by atoms with Crippen molar-refractivity contribution in [1.29, 1.82) is 5.26 Å². The summed E-state index contributed by atoms with van der Waals surface area (Å²) in [4.78, 5) is 27.9. The van der Waals surface area contributed by atoms with Crippen molar-refractivity contribution >= 4 is 11.8 Å². The fourth-order valence-corrected chi connectivity index (χ4v) is 3.05. The highest BCUT2D eigenvalue weighted by atomic mass is 16.2. The molecule has 6 nitrogen and oxygen atoms in total. The van der Waals surface area contributed by atoms with Crippen LogP contribution >= 0.6 is 0 Å². The molecule has 1 fully saturated rings. The molecule has 23 heavy (non-hydrogen) atoms. The van der Waals surface area contributed by atoms with E-state index < -0.39 is 5.54 Å². The van der Waals surface area contributed by atoms with E-state index in [2.05, 4.69) is 11.4 Å². The summed E-state index contributed by atoms with van der Waals surface area (Å²) in [6.45, 7) is 6.73. The fraction of sp³-hybridized carbons (Fsp3) is 0.824. The van der Waals surface area contributed by atoms with Crippen LogP contribution in [0.3, 0.4) is 0 Å². The van der Waals surface area contributed by atoms with Crippen LogP contribution in [0.1, 0.15) is 52.9 Å². The summed E-state index contributed by atoms with van der Waals surface area (Å²) in [5.74, 6) is -0.169. The van der Waals surface area contributed by atoms with Gasteiger partial charge in [-0.15, -0.1) is 0 Å². The molecule has 1 N–H and O–H groups in total. The number of rotatable bonds is 7. The van der Waals surface area contributed by atoms with Crippen molar-refractivity contribution in [2.75, 3.05) is 26.7 Å². The summed E-state index contributed by atoms with van der Waals surface area (Å²) in [6, 6.07) is 2.45. The predicted molar refractivity (Wildman–Crippen MR) is 89.6 cm³/mol. The Balaban J connectivity index is 2.64. The van der Waals surface area contributed by atoms with E-state index in [4.69, 9.17) is 0 Å². The molecule has 1 saturated carbocycles. The number of amides is 2. The molecule has 0 spiro atoms. The first-order valence-corrected chi connectivity index (χ1v) is 8.54. The first-order chi connectivity index (χ1) is 10.8. The minimum Gasteiger partial charge on any atom is -0.353 e. The molecule has 6 heteroatoms. The van der Waals surface area contributed by atoms with Gasteiger partial charge < -0.3 is 10.2 Å². The number of carbonyl (C=O) groups excluding carboxylic acids is 2. The molecule has 2 amide bonds. The van der Waals surface area contributed by atoms with Crippen LogP contribution in [0.5, 0.6) is 0 Å². The van der Waals surface area contributed by atoms with E-state index in [1.54, 1.807) is 11.9 Å². The van der Waals surface area contributed by atoms with Gasteiger partial charge in [-0.1, -0.05) is 26.2 Å². The molecule has 1 rings (SSSR count). The van der Waals surface area contributed by atoms with Crippen LogP contribution in [0.25, 0.3) is 0 Å². The molecule has 0 aromatic carbocycles. The lowest BCUT2D eigenvalue weighted by molar-refractivity contribution is -0.136. The van der Waals surface area contributed by atoms with Gasteiger partial charge in [0.1, 0.15) is 5.54 Å². The molecule has 0 aromatic rings. The number of hydrogen-bond acceptors (Lipinski definition) is 4. The number of hydrogen-bond donors (Lipinski definition) is 1. The zero-order chi connectivity index (χ0) is 17.5. The number of nitriles is 1. The Bertz CT molecular complexity index is 450. The van der Waals surface area contributed by atoms with E-state index in [0.29, 0.717) is 6.54 Å². The van der Waals surface area contributed by atoms with Crippen molar-refractivity contribution in [1.82, 2.24) is 15.1 Å². The molecule has 1 aliphatic rings. The van der Waals surface area contributed by atoms with Gasteiger partial charge >= 0.3 is 0 Å². The fourth-order valence-electron chi connectivity index (χ4n) is 3.05. The van der Waals surface area contributed by atoms with Gasteiger partial charge in [-0.3, -0.25) is 14.5 Å². The Morgan fingerprint density at radius 1 is 1.22 bits per heavy atom. The summed E-state index contributed by atoms with van der Waals surface area (Å²) in [5, 5.41) is 12.4. The van der Waals surface area contributed by atoms with Gasteiger partial charge in [-0.2, -0.15) is 5.26 Å². The zero-order valence-electron chi connectivity index (χ0n) is 14.9. The van der Waals surface area contributed by atoms with Crippen molar-refractivity contribution in [3.8, 4) is 6.07 Å². The van der Waals surface area contributed by atoms with Crippen LogP contribution in [0.15, 0.2) is 0 Å². The van der Waals surface area contributed by atoms with Crippen LogP contribution < -0.4 is 5.32 Å². The quantitative estimate of drug-likeness (QED) is 0.771. The lowest BCUT2D eigenvalue weighted by atomic mass is 9.81. The molecular formula is C17H30N4O2. The lowest BCUT2D eigenvalue weighted by Gasteiger charge is -2.39. The Morgan fingerprint density at radius 3 is 2.30 bits per heavy atom. The van der Waals surface area contributed by atoms with E-state index in [1.807, 2.05) is 25.7 Å². The average Bonchev–Trinajstić information content (AvgIpc) is 2.53. The SMILES string of the molecule is CCN(CC(=O)NC(C)C)CC(=O)N(C)C1(C#N)CCCCC1. The first-order valence-electron chi connectivity index (χ1n) is 8.54. The van der Waals surface area contributed by atoms with E-state index in [-0.39, 0.29) is 30.9 Å². The van der Waals surface area contributed by atoms with Crippen molar-refractivity contribution in [2.45, 2.75) is 64.5 Å². The van der Waals surface area contributed by atoms with Crippen molar-refractivity contribution in [3.63, 3.8) is 0 Å². The average molecular weight is 322 g/mol. The maximum Gasteiger partial charge on any atom is 0.237 e. The summed E-state index contributed by atoms with van der Waals surface area (Å²) < 4.78 is 0. The Kier molecular flexibility index (Phi) is 7.50. The van der Waals surface area contributed by atoms with Crippen molar-refractivity contribution < 1.29 is 9.59 Å². The molecule has 1 aliphatic carbocycles. The number of likely N-dealkylation sites (N-methyl/N-ethyl adjacent to an activating group) is 2. The van der Waals surface area contributed by atoms with Gasteiger partial charge in [0.25, 0.3) is 0 Å². The van der Waals surface area contributed by atoms with Crippen LogP contribution in [0.2, 0.25) is 0 Å². The molecule has 0 atom stereocenters. The van der Waals surface area contributed by atoms with E-state index in [9.17, 15) is 14.9 Å². The Morgan fingerprint density at radius 2 is 1.83 bits per heavy atom. The maximum absolute atomic E-state index is 12.6. The van der Waals surface area contributed by atoms with Crippen LogP contribution in [0, 0.1) is 11.3 Å². The van der Waals surface area contributed by atoms with Gasteiger partial charge in [0, 0.05) is 13.1 Å². The second-order valence-corrected chi connectivity index (χ2v) is 6.68. The largest absolute Gasteiger partial charge is 0.353 e. The molecule has 0 saturated heterocycles. The highest BCUT2D eigenvalue weighted by molar-refractivity contribution is 5.82. The van der Waals surface area contributed by atoms with E-state index in [0.717, 1.165) is 32.1 Å². The third kappa shape index (κ3) is 5.51. The number of nitrogens with one attached hydrogen (secondary N) is 1. The minimum absolute atomic E-state index is 0.0787. The molecule has 0 bridgehead atoms. The van der Waals surface area contributed by atoms with E-state index in [1.165, 1.54) is 0 Å². The normalized spacial score (nSPS) is 16.9. The molecule has 0 unspecified atom stereocenters. The zero-order valence-corrected chi connectivity index (χ0v) is 14.9. The summed E-state index contributed by atoms with van der Waals surface area (Å²) in [5.41, 5.74) is -0.672. The minimum atomic E-state index is -0.672. The second kappa shape index (κ2) is 8.88. The van der Waals surface area contributed by atoms with Gasteiger partial charge in [-0.25, -0.2) is 0 Å². The summed E-state index contributed by atoms with van der Waals surface area (Å²) in [6.07, 6.45) is 4.58. The molecule has 130 valence electrons. The van der Waals surface area contributed by atoms with Crippen LogP contribution in [-0.4, -0.2) is 59.9 Å². The van der Waals surface area contributed by atoms with E-state index >= 15 is 0 Å². The monoisotopic (exact) mass is 322 g/mol. The molecular weight excluding hydrogens is 292 g/mol. The molecule has 0 aliphatic heterocycles. The second-order valence-electron chi connectivity index (χ2n) is 6.68. The third-order valence-electron chi connectivity index (χ3n) is 4.53. The smallest absolute Gasteiger partial charge is 0.237 e. The lowest BCUT2D eigenvalue weighted by Crippen LogP contribution is -2.53. The summed E-state index contributed by atoms with van der Waals surface area (Å²) in [7, 11) is 1.72. The molecule has 0 aromatic heterocycles.